The lowest BCUT2D eigenvalue weighted by atomic mass is 9.78. The van der Waals surface area contributed by atoms with Crippen molar-refractivity contribution in [3.8, 4) is 0 Å². The lowest BCUT2D eigenvalue weighted by molar-refractivity contribution is -0.148. The van der Waals surface area contributed by atoms with Crippen LogP contribution in [0.1, 0.15) is 66.7 Å². The van der Waals surface area contributed by atoms with Crippen molar-refractivity contribution in [2.45, 2.75) is 72.8 Å². The smallest absolute Gasteiger partial charge is 0.307 e. The Morgan fingerprint density at radius 1 is 1.11 bits per heavy atom. The van der Waals surface area contributed by atoms with Gasteiger partial charge in [0.1, 0.15) is 0 Å². The lowest BCUT2D eigenvalue weighted by Crippen LogP contribution is -2.39. The highest BCUT2D eigenvalue weighted by atomic mass is 16.4. The quantitative estimate of drug-likeness (QED) is 0.712. The number of aliphatic carboxylic acids is 1. The Hall–Kier alpha value is -1.06. The minimum atomic E-state index is -0.898. The van der Waals surface area contributed by atoms with Crippen LogP contribution in [-0.4, -0.2) is 23.0 Å². The van der Waals surface area contributed by atoms with Crippen molar-refractivity contribution >= 4 is 11.9 Å². The molecule has 0 saturated carbocycles. The summed E-state index contributed by atoms with van der Waals surface area (Å²) >= 11 is 0. The molecule has 0 aromatic carbocycles. The number of carbonyl (C=O) groups is 2. The van der Waals surface area contributed by atoms with E-state index in [2.05, 4.69) is 19.2 Å². The van der Waals surface area contributed by atoms with Gasteiger partial charge >= 0.3 is 5.97 Å². The van der Waals surface area contributed by atoms with Crippen molar-refractivity contribution in [3.05, 3.63) is 0 Å². The molecule has 0 saturated heterocycles. The molecule has 0 rings (SSSR count). The second-order valence-corrected chi connectivity index (χ2v) is 6.30. The van der Waals surface area contributed by atoms with Gasteiger partial charge in [-0.25, -0.2) is 0 Å². The van der Waals surface area contributed by atoms with Crippen LogP contribution in [0.4, 0.5) is 0 Å². The zero-order valence-corrected chi connectivity index (χ0v) is 13.0. The maximum Gasteiger partial charge on any atom is 0.307 e. The van der Waals surface area contributed by atoms with Crippen LogP contribution in [0.5, 0.6) is 0 Å². The number of amides is 1. The van der Waals surface area contributed by atoms with Crippen molar-refractivity contribution in [1.29, 1.82) is 0 Å². The summed E-state index contributed by atoms with van der Waals surface area (Å²) < 4.78 is 0. The molecule has 0 fully saturated rings. The zero-order valence-electron chi connectivity index (χ0n) is 13.0. The maximum absolute atomic E-state index is 12.0. The predicted molar refractivity (Wildman–Crippen MR) is 76.9 cm³/mol. The van der Waals surface area contributed by atoms with Crippen molar-refractivity contribution < 1.29 is 14.7 Å². The van der Waals surface area contributed by atoms with Crippen LogP contribution in [0.3, 0.4) is 0 Å². The monoisotopic (exact) mass is 271 g/mol. The third-order valence-corrected chi connectivity index (χ3v) is 3.37. The Balaban J connectivity index is 4.52. The fraction of sp³-hybridized carbons (Fsp3) is 0.867. The number of carboxylic acids is 1. The third kappa shape index (κ3) is 7.19. The van der Waals surface area contributed by atoms with E-state index >= 15 is 0 Å². The van der Waals surface area contributed by atoms with E-state index in [1.165, 1.54) is 0 Å². The van der Waals surface area contributed by atoms with E-state index < -0.39 is 17.3 Å². The average molecular weight is 271 g/mol. The van der Waals surface area contributed by atoms with E-state index in [4.69, 9.17) is 0 Å². The van der Waals surface area contributed by atoms with Gasteiger partial charge in [-0.2, -0.15) is 0 Å². The average Bonchev–Trinajstić information content (AvgIpc) is 2.24. The minimum Gasteiger partial charge on any atom is -0.481 e. The Morgan fingerprint density at radius 3 is 1.89 bits per heavy atom. The molecule has 19 heavy (non-hydrogen) atoms. The Kier molecular flexibility index (Phi) is 7.72. The molecule has 0 aliphatic carbocycles. The predicted octanol–water partition coefficient (Wildman–Crippen LogP) is 3.21. The molecule has 112 valence electrons. The highest BCUT2D eigenvalue weighted by Gasteiger charge is 2.33. The number of carboxylic acid groups (broad SMARTS) is 1. The van der Waals surface area contributed by atoms with Crippen LogP contribution in [-0.2, 0) is 9.59 Å². The maximum atomic E-state index is 12.0. The number of hydrogen-bond acceptors (Lipinski definition) is 2. The van der Waals surface area contributed by atoms with Gasteiger partial charge in [0.05, 0.1) is 5.92 Å². The highest BCUT2D eigenvalue weighted by molar-refractivity contribution is 5.82. The summed E-state index contributed by atoms with van der Waals surface area (Å²) in [6.45, 7) is 9.74. The fourth-order valence-corrected chi connectivity index (χ4v) is 2.22. The van der Waals surface area contributed by atoms with Gasteiger partial charge < -0.3 is 10.4 Å². The van der Waals surface area contributed by atoms with Crippen molar-refractivity contribution in [1.82, 2.24) is 5.32 Å². The molecular weight excluding hydrogens is 242 g/mol. The second-order valence-electron chi connectivity index (χ2n) is 6.30. The van der Waals surface area contributed by atoms with E-state index in [0.29, 0.717) is 0 Å². The van der Waals surface area contributed by atoms with Gasteiger partial charge in [-0.3, -0.25) is 9.59 Å². The van der Waals surface area contributed by atoms with E-state index in [-0.39, 0.29) is 18.4 Å². The summed E-state index contributed by atoms with van der Waals surface area (Å²) in [6.07, 6.45) is 4.00. The number of carbonyl (C=O) groups excluding carboxylic acids is 1. The molecule has 0 aromatic rings. The topological polar surface area (TPSA) is 66.4 Å². The molecule has 0 bridgehead atoms. The van der Waals surface area contributed by atoms with Gasteiger partial charge in [0.15, 0.2) is 0 Å². The summed E-state index contributed by atoms with van der Waals surface area (Å²) in [6, 6.07) is 0.178. The Bertz CT molecular complexity index is 288. The Morgan fingerprint density at radius 2 is 1.58 bits per heavy atom. The van der Waals surface area contributed by atoms with E-state index in [0.717, 1.165) is 25.7 Å². The second kappa shape index (κ2) is 8.18. The minimum absolute atomic E-state index is 0.0583. The van der Waals surface area contributed by atoms with Crippen LogP contribution >= 0.6 is 0 Å². The molecule has 0 aliphatic heterocycles. The molecule has 0 spiro atoms. The van der Waals surface area contributed by atoms with Gasteiger partial charge in [-0.15, -0.1) is 0 Å². The first kappa shape index (κ1) is 17.9. The van der Waals surface area contributed by atoms with Crippen LogP contribution in [0, 0.1) is 11.3 Å². The summed E-state index contributed by atoms with van der Waals surface area (Å²) in [5.41, 5.74) is -0.409. The molecule has 0 unspecified atom stereocenters. The normalized spacial score (nSPS) is 13.4. The van der Waals surface area contributed by atoms with Crippen LogP contribution in [0.2, 0.25) is 0 Å². The standard InChI is InChI=1S/C15H29NO3/c1-6-8-11(9-7-2)16-13(17)10-12(14(18)19)15(3,4)5/h11-12H,6-10H2,1-5H3,(H,16,17)(H,18,19)/t12-/m1/s1. The van der Waals surface area contributed by atoms with E-state index in [1.54, 1.807) is 0 Å². The summed E-state index contributed by atoms with van der Waals surface area (Å²) in [7, 11) is 0. The van der Waals surface area contributed by atoms with E-state index in [1.807, 2.05) is 20.8 Å². The van der Waals surface area contributed by atoms with Crippen LogP contribution < -0.4 is 5.32 Å². The molecule has 0 heterocycles. The third-order valence-electron chi connectivity index (χ3n) is 3.37. The van der Waals surface area contributed by atoms with Crippen molar-refractivity contribution in [2.75, 3.05) is 0 Å². The molecule has 4 heteroatoms. The number of rotatable bonds is 8. The van der Waals surface area contributed by atoms with Gasteiger partial charge in [0.2, 0.25) is 5.91 Å². The summed E-state index contributed by atoms with van der Waals surface area (Å²) in [5.74, 6) is -1.68. The first-order chi connectivity index (χ1) is 8.72. The molecule has 4 nitrogen and oxygen atoms in total. The van der Waals surface area contributed by atoms with Gasteiger partial charge in [-0.1, -0.05) is 47.5 Å². The molecular formula is C15H29NO3. The molecule has 0 aromatic heterocycles. The first-order valence-corrected chi connectivity index (χ1v) is 7.24. The van der Waals surface area contributed by atoms with Crippen LogP contribution in [0.25, 0.3) is 0 Å². The number of hydrogen-bond donors (Lipinski definition) is 2. The number of nitrogens with one attached hydrogen (secondary N) is 1. The molecule has 0 radical (unpaired) electrons. The largest absolute Gasteiger partial charge is 0.481 e. The Labute approximate surface area is 117 Å². The molecule has 0 aliphatic rings. The van der Waals surface area contributed by atoms with Crippen molar-refractivity contribution in [2.24, 2.45) is 11.3 Å². The van der Waals surface area contributed by atoms with Gasteiger partial charge in [0, 0.05) is 12.5 Å². The summed E-state index contributed by atoms with van der Waals surface area (Å²) in [5, 5.41) is 12.2. The molecule has 2 N–H and O–H groups in total. The SMILES string of the molecule is CCCC(CCC)NC(=O)C[C@H](C(=O)O)C(C)(C)C. The fourth-order valence-electron chi connectivity index (χ4n) is 2.22. The zero-order chi connectivity index (χ0) is 15.1. The molecule has 1 amide bonds. The highest BCUT2D eigenvalue weighted by Crippen LogP contribution is 2.29. The van der Waals surface area contributed by atoms with Gasteiger partial charge in [0.25, 0.3) is 0 Å². The van der Waals surface area contributed by atoms with E-state index in [9.17, 15) is 14.7 Å². The molecule has 1 atom stereocenters. The first-order valence-electron chi connectivity index (χ1n) is 7.24. The van der Waals surface area contributed by atoms with Gasteiger partial charge in [-0.05, 0) is 18.3 Å². The van der Waals surface area contributed by atoms with Crippen molar-refractivity contribution in [3.63, 3.8) is 0 Å². The lowest BCUT2D eigenvalue weighted by Gasteiger charge is -2.27. The van der Waals surface area contributed by atoms with Crippen LogP contribution in [0.15, 0.2) is 0 Å². The summed E-state index contributed by atoms with van der Waals surface area (Å²) in [4.78, 5) is 23.2.